The van der Waals surface area contributed by atoms with Crippen LogP contribution in [0.3, 0.4) is 0 Å². The van der Waals surface area contributed by atoms with Crippen LogP contribution in [-0.2, 0) is 10.0 Å². The van der Waals surface area contributed by atoms with Crippen LogP contribution < -0.4 is 9.64 Å². The molecule has 9 nitrogen and oxygen atoms in total. The second-order valence-corrected chi connectivity index (χ2v) is 10.3. The van der Waals surface area contributed by atoms with Crippen LogP contribution >= 0.6 is 11.6 Å². The maximum absolute atomic E-state index is 13.5. The van der Waals surface area contributed by atoms with Crippen LogP contribution in [0.5, 0.6) is 5.75 Å². The Labute approximate surface area is 206 Å². The monoisotopic (exact) mass is 516 g/mol. The van der Waals surface area contributed by atoms with Crippen molar-refractivity contribution in [3.8, 4) is 16.9 Å². The number of fused-ring (bicyclic) bond motifs is 1. The zero-order valence-electron chi connectivity index (χ0n) is 18.8. The molecule has 12 heteroatoms. The summed E-state index contributed by atoms with van der Waals surface area (Å²) in [5.74, 6) is 1.37. The summed E-state index contributed by atoms with van der Waals surface area (Å²) in [5, 5.41) is 4.24. The van der Waals surface area contributed by atoms with Crippen LogP contribution in [0.25, 0.3) is 16.9 Å². The normalized spacial score (nSPS) is 15.3. The average molecular weight is 517 g/mol. The summed E-state index contributed by atoms with van der Waals surface area (Å²) >= 11 is 6.07. The molecule has 4 aromatic rings. The number of aromatic nitrogens is 4. The Hall–Kier alpha value is -3.28. The van der Waals surface area contributed by atoms with Crippen LogP contribution in [0.2, 0.25) is 5.02 Å². The number of benzene rings is 2. The van der Waals surface area contributed by atoms with Crippen molar-refractivity contribution < 1.29 is 17.5 Å². The summed E-state index contributed by atoms with van der Waals surface area (Å²) in [7, 11) is -2.28. The number of sulfonamides is 1. The molecule has 35 heavy (non-hydrogen) atoms. The average Bonchev–Trinajstić information content (AvgIpc) is 3.19. The molecular formula is C23H22ClFN6O3S. The van der Waals surface area contributed by atoms with Crippen molar-refractivity contribution in [3.63, 3.8) is 0 Å². The van der Waals surface area contributed by atoms with Crippen molar-refractivity contribution in [1.29, 1.82) is 0 Å². The number of halogens is 2. The van der Waals surface area contributed by atoms with Gasteiger partial charge in [-0.15, -0.1) is 0 Å². The second-order valence-electron chi connectivity index (χ2n) is 8.02. The van der Waals surface area contributed by atoms with E-state index in [1.807, 2.05) is 24.3 Å². The first kappa shape index (κ1) is 23.5. The minimum absolute atomic E-state index is 0.101. The molecule has 5 rings (SSSR count). The van der Waals surface area contributed by atoms with E-state index in [1.54, 1.807) is 17.8 Å². The lowest BCUT2D eigenvalue weighted by Gasteiger charge is -2.26. The fraction of sp³-hybridized carbons (Fsp3) is 0.261. The molecule has 182 valence electrons. The Bertz CT molecular complexity index is 1480. The van der Waals surface area contributed by atoms with E-state index in [9.17, 15) is 12.8 Å². The first-order chi connectivity index (χ1) is 16.9. The number of ether oxygens (including phenoxy) is 1. The molecule has 1 saturated heterocycles. The fourth-order valence-electron chi connectivity index (χ4n) is 4.21. The van der Waals surface area contributed by atoms with Gasteiger partial charge < -0.3 is 9.64 Å². The number of nitrogens with zero attached hydrogens (tertiary/aromatic N) is 6. The van der Waals surface area contributed by atoms with Crippen LogP contribution in [0.1, 0.15) is 6.42 Å². The van der Waals surface area contributed by atoms with Gasteiger partial charge in [-0.25, -0.2) is 17.8 Å². The summed E-state index contributed by atoms with van der Waals surface area (Å²) in [4.78, 5) is 10.6. The Morgan fingerprint density at radius 3 is 2.57 bits per heavy atom. The highest BCUT2D eigenvalue weighted by Crippen LogP contribution is 2.33. The molecule has 2 aromatic heterocycles. The molecule has 0 unspecified atom stereocenters. The topological polar surface area (TPSA) is 92.9 Å². The molecule has 0 radical (unpaired) electrons. The van der Waals surface area contributed by atoms with Gasteiger partial charge in [-0.3, -0.25) is 0 Å². The Balaban J connectivity index is 1.49. The molecule has 3 heterocycles. The summed E-state index contributed by atoms with van der Waals surface area (Å²) in [6.45, 7) is 1.51. The number of rotatable bonds is 5. The van der Waals surface area contributed by atoms with Crippen LogP contribution in [0.15, 0.2) is 59.9 Å². The van der Waals surface area contributed by atoms with E-state index in [2.05, 4.69) is 20.0 Å². The molecule has 1 fully saturated rings. The first-order valence-electron chi connectivity index (χ1n) is 10.9. The van der Waals surface area contributed by atoms with Crippen LogP contribution in [0, 0.1) is 5.82 Å². The lowest BCUT2D eigenvalue weighted by Crippen LogP contribution is -2.36. The molecule has 1 aliphatic heterocycles. The minimum Gasteiger partial charge on any atom is -0.497 e. The van der Waals surface area contributed by atoms with Crippen LogP contribution in [0.4, 0.5) is 10.2 Å². The minimum atomic E-state index is -3.89. The van der Waals surface area contributed by atoms with Gasteiger partial charge in [-0.1, -0.05) is 23.7 Å². The largest absolute Gasteiger partial charge is 0.497 e. The smallest absolute Gasteiger partial charge is 0.254 e. The predicted molar refractivity (Wildman–Crippen MR) is 130 cm³/mol. The number of methoxy groups -OCH3 is 1. The highest BCUT2D eigenvalue weighted by atomic mass is 35.5. The van der Waals surface area contributed by atoms with Crippen molar-refractivity contribution in [2.45, 2.75) is 11.3 Å². The van der Waals surface area contributed by atoms with Gasteiger partial charge in [0.25, 0.3) is 5.78 Å². The Morgan fingerprint density at radius 1 is 1.03 bits per heavy atom. The molecule has 0 N–H and O–H groups in total. The molecule has 0 aliphatic carbocycles. The summed E-state index contributed by atoms with van der Waals surface area (Å²) < 4.78 is 48.4. The molecule has 0 saturated carbocycles. The Kier molecular flexibility index (Phi) is 6.30. The molecule has 2 aromatic carbocycles. The van der Waals surface area contributed by atoms with Gasteiger partial charge in [0.2, 0.25) is 10.0 Å². The van der Waals surface area contributed by atoms with Crippen LogP contribution in [-0.4, -0.2) is 65.6 Å². The molecule has 0 amide bonds. The lowest BCUT2D eigenvalue weighted by atomic mass is 10.1. The molecule has 0 spiro atoms. The van der Waals surface area contributed by atoms with Gasteiger partial charge in [0, 0.05) is 37.9 Å². The zero-order chi connectivity index (χ0) is 24.6. The van der Waals surface area contributed by atoms with E-state index >= 15 is 0 Å². The lowest BCUT2D eigenvalue weighted by molar-refractivity contribution is 0.415. The second kappa shape index (κ2) is 9.40. The Morgan fingerprint density at radius 2 is 1.83 bits per heavy atom. The third-order valence-electron chi connectivity index (χ3n) is 5.95. The van der Waals surface area contributed by atoms with Gasteiger partial charge in [-0.05, 0) is 42.3 Å². The highest BCUT2D eigenvalue weighted by molar-refractivity contribution is 7.89. The van der Waals surface area contributed by atoms with Gasteiger partial charge in [0.05, 0.1) is 12.1 Å². The highest BCUT2D eigenvalue weighted by Gasteiger charge is 2.30. The van der Waals surface area contributed by atoms with E-state index in [1.165, 1.54) is 16.7 Å². The summed E-state index contributed by atoms with van der Waals surface area (Å²) in [5.41, 5.74) is 1.75. The third kappa shape index (κ3) is 4.42. The zero-order valence-corrected chi connectivity index (χ0v) is 20.4. The van der Waals surface area contributed by atoms with E-state index in [0.29, 0.717) is 31.8 Å². The number of anilines is 1. The van der Waals surface area contributed by atoms with E-state index in [4.69, 9.17) is 16.3 Å². The SMILES string of the molecule is COc1ccc(-c2cnc3ncnn3c2N2CCCN(S(=O)(=O)c3ccc(F)cc3Cl)CC2)cc1. The fourth-order valence-corrected chi connectivity index (χ4v) is 6.19. The molecule has 1 aliphatic rings. The van der Waals surface area contributed by atoms with Crippen molar-refractivity contribution in [2.24, 2.45) is 0 Å². The van der Waals surface area contributed by atoms with E-state index < -0.39 is 15.8 Å². The first-order valence-corrected chi connectivity index (χ1v) is 12.7. The van der Waals surface area contributed by atoms with Gasteiger partial charge in [0.15, 0.2) is 0 Å². The number of hydrogen-bond donors (Lipinski definition) is 0. The van der Waals surface area contributed by atoms with Crippen molar-refractivity contribution in [2.75, 3.05) is 38.2 Å². The molecule has 0 atom stereocenters. The summed E-state index contributed by atoms with van der Waals surface area (Å²) in [6, 6.07) is 10.9. The van der Waals surface area contributed by atoms with Gasteiger partial charge >= 0.3 is 0 Å². The predicted octanol–water partition coefficient (Wildman–Crippen LogP) is 3.49. The van der Waals surface area contributed by atoms with Gasteiger partial charge in [-0.2, -0.15) is 18.9 Å². The maximum Gasteiger partial charge on any atom is 0.254 e. The maximum atomic E-state index is 13.5. The van der Waals surface area contributed by atoms with E-state index in [0.717, 1.165) is 34.8 Å². The van der Waals surface area contributed by atoms with E-state index in [-0.39, 0.29) is 16.5 Å². The third-order valence-corrected chi connectivity index (χ3v) is 8.33. The van der Waals surface area contributed by atoms with Crippen molar-refractivity contribution in [1.82, 2.24) is 23.9 Å². The number of hydrogen-bond acceptors (Lipinski definition) is 7. The quantitative estimate of drug-likeness (QED) is 0.401. The van der Waals surface area contributed by atoms with Gasteiger partial charge in [0.1, 0.15) is 28.6 Å². The molecular weight excluding hydrogens is 495 g/mol. The molecule has 0 bridgehead atoms. The standard InChI is InChI=1S/C23H22ClFN6O3S/c1-34-18-6-3-16(4-7-18)19-14-26-23-27-15-28-31(23)22(19)29-9-2-10-30(12-11-29)35(32,33)21-8-5-17(25)13-20(21)24/h3-8,13-15H,2,9-12H2,1H3. The summed E-state index contributed by atoms with van der Waals surface area (Å²) in [6.07, 6.45) is 3.76. The van der Waals surface area contributed by atoms with Crippen molar-refractivity contribution >= 4 is 33.2 Å². The van der Waals surface area contributed by atoms with Crippen molar-refractivity contribution in [3.05, 3.63) is 65.8 Å².